The van der Waals surface area contributed by atoms with Gasteiger partial charge in [0, 0.05) is 17.4 Å². The van der Waals surface area contributed by atoms with Crippen LogP contribution in [0, 0.1) is 0 Å². The monoisotopic (exact) mass is 334 g/mol. The summed E-state index contributed by atoms with van der Waals surface area (Å²) in [4.78, 5) is 16.1. The highest BCUT2D eigenvalue weighted by Gasteiger charge is 2.26. The summed E-state index contributed by atoms with van der Waals surface area (Å²) in [7, 11) is 0. The molecule has 2 rings (SSSR count). The third-order valence-corrected chi connectivity index (χ3v) is 3.14. The minimum absolute atomic E-state index is 0.0113. The van der Waals surface area contributed by atoms with Gasteiger partial charge in [-0.1, -0.05) is 15.9 Å². The van der Waals surface area contributed by atoms with Gasteiger partial charge in [-0.25, -0.2) is 4.98 Å². The standard InChI is InChI=1S/C12H10BrF3N2O/c13-8-2-3-9-10(6-8)17-7-18(11(9)19)5-1-4-12(14,15)16/h2-3,6-7H,1,4-5H2. The molecule has 102 valence electrons. The summed E-state index contributed by atoms with van der Waals surface area (Å²) in [6, 6.07) is 5.00. The molecular weight excluding hydrogens is 325 g/mol. The van der Waals surface area contributed by atoms with Crippen LogP contribution in [-0.4, -0.2) is 15.7 Å². The van der Waals surface area contributed by atoms with Gasteiger partial charge in [0.05, 0.1) is 17.2 Å². The van der Waals surface area contributed by atoms with E-state index in [4.69, 9.17) is 0 Å². The lowest BCUT2D eigenvalue weighted by Gasteiger charge is -2.08. The number of benzene rings is 1. The SMILES string of the molecule is O=c1c2ccc(Br)cc2ncn1CCCC(F)(F)F. The second-order valence-electron chi connectivity index (χ2n) is 4.12. The first-order chi connectivity index (χ1) is 8.87. The van der Waals surface area contributed by atoms with E-state index in [1.165, 1.54) is 10.9 Å². The molecule has 0 atom stereocenters. The van der Waals surface area contributed by atoms with E-state index in [0.29, 0.717) is 10.9 Å². The summed E-state index contributed by atoms with van der Waals surface area (Å²) in [5.41, 5.74) is 0.200. The second-order valence-corrected chi connectivity index (χ2v) is 5.04. The minimum Gasteiger partial charge on any atom is -0.299 e. The van der Waals surface area contributed by atoms with E-state index in [1.807, 2.05) is 0 Å². The molecule has 0 aliphatic heterocycles. The molecular formula is C12H10BrF3N2O. The third-order valence-electron chi connectivity index (χ3n) is 2.65. The van der Waals surface area contributed by atoms with Gasteiger partial charge in [0.15, 0.2) is 0 Å². The first-order valence-corrected chi connectivity index (χ1v) is 6.37. The topological polar surface area (TPSA) is 34.9 Å². The van der Waals surface area contributed by atoms with Crippen LogP contribution in [0.1, 0.15) is 12.8 Å². The number of hydrogen-bond donors (Lipinski definition) is 0. The molecule has 7 heteroatoms. The smallest absolute Gasteiger partial charge is 0.299 e. The van der Waals surface area contributed by atoms with E-state index in [-0.39, 0.29) is 18.5 Å². The van der Waals surface area contributed by atoms with Crippen molar-refractivity contribution in [3.63, 3.8) is 0 Å². The molecule has 19 heavy (non-hydrogen) atoms. The fourth-order valence-electron chi connectivity index (χ4n) is 1.74. The number of alkyl halides is 3. The Bertz CT molecular complexity index is 651. The molecule has 2 aromatic rings. The average Bonchev–Trinajstić information content (AvgIpc) is 2.30. The molecule has 0 radical (unpaired) electrons. The van der Waals surface area contributed by atoms with Gasteiger partial charge in [-0.2, -0.15) is 13.2 Å². The van der Waals surface area contributed by atoms with Crippen LogP contribution in [-0.2, 0) is 6.54 Å². The Morgan fingerprint density at radius 3 is 2.74 bits per heavy atom. The lowest BCUT2D eigenvalue weighted by molar-refractivity contribution is -0.135. The van der Waals surface area contributed by atoms with Crippen molar-refractivity contribution in [1.82, 2.24) is 9.55 Å². The fraction of sp³-hybridized carbons (Fsp3) is 0.333. The Morgan fingerprint density at radius 2 is 2.05 bits per heavy atom. The van der Waals surface area contributed by atoms with Crippen molar-refractivity contribution in [3.8, 4) is 0 Å². The van der Waals surface area contributed by atoms with Crippen molar-refractivity contribution in [2.24, 2.45) is 0 Å². The molecule has 0 spiro atoms. The summed E-state index contributed by atoms with van der Waals surface area (Å²) < 4.78 is 38.1. The molecule has 1 aromatic heterocycles. The van der Waals surface area contributed by atoms with Crippen molar-refractivity contribution in [3.05, 3.63) is 39.4 Å². The molecule has 0 aliphatic carbocycles. The van der Waals surface area contributed by atoms with Gasteiger partial charge < -0.3 is 0 Å². The zero-order valence-corrected chi connectivity index (χ0v) is 11.3. The van der Waals surface area contributed by atoms with Crippen LogP contribution in [0.15, 0.2) is 33.8 Å². The van der Waals surface area contributed by atoms with Crippen LogP contribution in [0.25, 0.3) is 10.9 Å². The van der Waals surface area contributed by atoms with Crippen LogP contribution in [0.2, 0.25) is 0 Å². The number of halogens is 4. The average molecular weight is 335 g/mol. The molecule has 0 fully saturated rings. The number of aromatic nitrogens is 2. The number of fused-ring (bicyclic) bond motifs is 1. The van der Waals surface area contributed by atoms with E-state index in [9.17, 15) is 18.0 Å². The molecule has 0 unspecified atom stereocenters. The number of nitrogens with zero attached hydrogens (tertiary/aromatic N) is 2. The fourth-order valence-corrected chi connectivity index (χ4v) is 2.09. The van der Waals surface area contributed by atoms with Crippen molar-refractivity contribution in [2.45, 2.75) is 25.6 Å². The van der Waals surface area contributed by atoms with Gasteiger partial charge >= 0.3 is 6.18 Å². The van der Waals surface area contributed by atoms with Gasteiger partial charge in [-0.15, -0.1) is 0 Å². The third kappa shape index (κ3) is 3.56. The predicted molar refractivity (Wildman–Crippen MR) is 69.0 cm³/mol. The molecule has 0 saturated carbocycles. The van der Waals surface area contributed by atoms with Crippen LogP contribution in [0.4, 0.5) is 13.2 Å². The van der Waals surface area contributed by atoms with Crippen molar-refractivity contribution >= 4 is 26.8 Å². The normalized spacial score (nSPS) is 12.0. The molecule has 0 aliphatic rings. The highest BCUT2D eigenvalue weighted by Crippen LogP contribution is 2.21. The van der Waals surface area contributed by atoms with Gasteiger partial charge in [-0.05, 0) is 24.6 Å². The number of rotatable bonds is 3. The van der Waals surface area contributed by atoms with E-state index < -0.39 is 12.6 Å². The summed E-state index contributed by atoms with van der Waals surface area (Å²) in [6.45, 7) is 0.0113. The highest BCUT2D eigenvalue weighted by molar-refractivity contribution is 9.10. The largest absolute Gasteiger partial charge is 0.389 e. The van der Waals surface area contributed by atoms with E-state index >= 15 is 0 Å². The first-order valence-electron chi connectivity index (χ1n) is 5.58. The lowest BCUT2D eigenvalue weighted by Crippen LogP contribution is -2.21. The van der Waals surface area contributed by atoms with Gasteiger partial charge in [-0.3, -0.25) is 9.36 Å². The number of aryl methyl sites for hydroxylation is 1. The minimum atomic E-state index is -4.20. The quantitative estimate of drug-likeness (QED) is 0.861. The summed E-state index contributed by atoms with van der Waals surface area (Å²) >= 11 is 3.27. The molecule has 0 bridgehead atoms. The molecule has 0 N–H and O–H groups in total. The molecule has 3 nitrogen and oxygen atoms in total. The van der Waals surface area contributed by atoms with Crippen molar-refractivity contribution in [1.29, 1.82) is 0 Å². The summed E-state index contributed by atoms with van der Waals surface area (Å²) in [5.74, 6) is 0. The zero-order chi connectivity index (χ0) is 14.0. The Balaban J connectivity index is 2.23. The van der Waals surface area contributed by atoms with Gasteiger partial charge in [0.2, 0.25) is 0 Å². The Labute approximate surface area is 115 Å². The first kappa shape index (κ1) is 14.0. The maximum Gasteiger partial charge on any atom is 0.389 e. The van der Waals surface area contributed by atoms with Gasteiger partial charge in [0.1, 0.15) is 0 Å². The summed E-state index contributed by atoms with van der Waals surface area (Å²) in [5, 5.41) is 0.401. The van der Waals surface area contributed by atoms with Gasteiger partial charge in [0.25, 0.3) is 5.56 Å². The van der Waals surface area contributed by atoms with Crippen molar-refractivity contribution < 1.29 is 13.2 Å². The number of hydrogen-bond acceptors (Lipinski definition) is 2. The van der Waals surface area contributed by atoms with E-state index in [2.05, 4.69) is 20.9 Å². The van der Waals surface area contributed by atoms with Crippen LogP contribution in [0.5, 0.6) is 0 Å². The predicted octanol–water partition coefficient (Wildman–Crippen LogP) is 3.50. The lowest BCUT2D eigenvalue weighted by atomic mass is 10.2. The molecule has 1 aromatic carbocycles. The Kier molecular flexibility index (Phi) is 3.93. The Morgan fingerprint density at radius 1 is 1.32 bits per heavy atom. The Hall–Kier alpha value is -1.37. The van der Waals surface area contributed by atoms with Crippen LogP contribution >= 0.6 is 15.9 Å². The maximum absolute atomic E-state index is 12.0. The second kappa shape index (κ2) is 5.32. The summed E-state index contributed by atoms with van der Waals surface area (Å²) in [6.07, 6.45) is -3.95. The molecule has 0 saturated heterocycles. The van der Waals surface area contributed by atoms with E-state index in [1.54, 1.807) is 18.2 Å². The van der Waals surface area contributed by atoms with Crippen LogP contribution in [0.3, 0.4) is 0 Å². The van der Waals surface area contributed by atoms with Crippen LogP contribution < -0.4 is 5.56 Å². The molecule has 0 amide bonds. The maximum atomic E-state index is 12.0. The van der Waals surface area contributed by atoms with E-state index in [0.717, 1.165) is 4.47 Å². The zero-order valence-electron chi connectivity index (χ0n) is 9.75. The molecule has 1 heterocycles. The highest BCUT2D eigenvalue weighted by atomic mass is 79.9. The van der Waals surface area contributed by atoms with Crippen molar-refractivity contribution in [2.75, 3.05) is 0 Å².